The largest absolute Gasteiger partial charge is 0.432 e. The van der Waals surface area contributed by atoms with Crippen molar-refractivity contribution in [2.24, 2.45) is 5.92 Å². The lowest BCUT2D eigenvalue weighted by molar-refractivity contribution is 0.529. The summed E-state index contributed by atoms with van der Waals surface area (Å²) >= 11 is 0. The van der Waals surface area contributed by atoms with Gasteiger partial charge >= 0.3 is 0 Å². The summed E-state index contributed by atoms with van der Waals surface area (Å²) in [5.41, 5.74) is 2.44. The van der Waals surface area contributed by atoms with Gasteiger partial charge in [-0.1, -0.05) is 25.5 Å². The maximum atomic E-state index is 5.54. The Balaban J connectivity index is 1.86. The van der Waals surface area contributed by atoms with Gasteiger partial charge in [0.2, 0.25) is 0 Å². The van der Waals surface area contributed by atoms with Crippen molar-refractivity contribution in [3.8, 4) is 0 Å². The summed E-state index contributed by atoms with van der Waals surface area (Å²) < 4.78 is 5.54. The molecular weight excluding hydrogens is 226 g/mol. The molecule has 0 amide bonds. The molecule has 100 valence electrons. The predicted molar refractivity (Wildman–Crippen MR) is 73.6 cm³/mol. The van der Waals surface area contributed by atoms with Crippen LogP contribution in [0.25, 0.3) is 0 Å². The lowest BCUT2D eigenvalue weighted by Gasteiger charge is -2.23. The van der Waals surface area contributed by atoms with E-state index in [4.69, 9.17) is 4.42 Å². The summed E-state index contributed by atoms with van der Waals surface area (Å²) in [4.78, 5) is 6.70. The number of anilines is 1. The first kappa shape index (κ1) is 13.1. The van der Waals surface area contributed by atoms with Crippen molar-refractivity contribution in [3.05, 3.63) is 23.6 Å². The number of hydrogen-bond acceptors (Lipinski definition) is 4. The summed E-state index contributed by atoms with van der Waals surface area (Å²) in [5, 5.41) is 3.37. The molecule has 4 heteroatoms. The number of hydrogen-bond donors (Lipinski definition) is 1. The van der Waals surface area contributed by atoms with E-state index < -0.39 is 0 Å². The Morgan fingerprint density at radius 2 is 2.33 bits per heavy atom. The first-order valence-corrected chi connectivity index (χ1v) is 6.71. The molecule has 2 heterocycles. The van der Waals surface area contributed by atoms with Crippen LogP contribution in [-0.2, 0) is 6.54 Å². The highest BCUT2D eigenvalue weighted by Gasteiger charge is 2.15. The molecule has 18 heavy (non-hydrogen) atoms. The monoisotopic (exact) mass is 249 g/mol. The van der Waals surface area contributed by atoms with Gasteiger partial charge in [0, 0.05) is 19.6 Å². The number of rotatable bonds is 5. The van der Waals surface area contributed by atoms with Crippen molar-refractivity contribution >= 4 is 6.01 Å². The Labute approximate surface area is 109 Å². The van der Waals surface area contributed by atoms with Gasteiger partial charge in [0.15, 0.2) is 0 Å². The molecule has 1 aromatic rings. The minimum atomic E-state index is 0.659. The molecule has 0 saturated heterocycles. The van der Waals surface area contributed by atoms with E-state index in [1.165, 1.54) is 5.57 Å². The third-order valence-electron chi connectivity index (χ3n) is 3.11. The Hall–Kier alpha value is -1.29. The van der Waals surface area contributed by atoms with Gasteiger partial charge in [0.05, 0.1) is 5.69 Å². The van der Waals surface area contributed by atoms with Crippen molar-refractivity contribution in [1.82, 2.24) is 10.3 Å². The third kappa shape index (κ3) is 3.60. The van der Waals surface area contributed by atoms with E-state index in [0.29, 0.717) is 5.92 Å². The number of oxazole rings is 1. The average molecular weight is 249 g/mol. The van der Waals surface area contributed by atoms with Crippen LogP contribution in [0.5, 0.6) is 0 Å². The van der Waals surface area contributed by atoms with Gasteiger partial charge in [0.1, 0.15) is 6.26 Å². The van der Waals surface area contributed by atoms with Crippen LogP contribution in [0.3, 0.4) is 0 Å². The van der Waals surface area contributed by atoms with E-state index in [0.717, 1.165) is 44.3 Å². The average Bonchev–Trinajstić information content (AvgIpc) is 2.78. The highest BCUT2D eigenvalue weighted by molar-refractivity contribution is 5.31. The summed E-state index contributed by atoms with van der Waals surface area (Å²) in [6.07, 6.45) is 5.10. The van der Waals surface area contributed by atoms with E-state index in [-0.39, 0.29) is 0 Å². The second kappa shape index (κ2) is 6.05. The van der Waals surface area contributed by atoms with E-state index in [9.17, 15) is 0 Å². The van der Waals surface area contributed by atoms with Crippen LogP contribution in [-0.4, -0.2) is 24.6 Å². The van der Waals surface area contributed by atoms with Crippen LogP contribution < -0.4 is 10.2 Å². The van der Waals surface area contributed by atoms with Crippen molar-refractivity contribution in [3.63, 3.8) is 0 Å². The Morgan fingerprint density at radius 3 is 3.00 bits per heavy atom. The topological polar surface area (TPSA) is 41.3 Å². The second-order valence-electron chi connectivity index (χ2n) is 5.39. The maximum absolute atomic E-state index is 5.54. The molecule has 0 aromatic carbocycles. The molecule has 0 unspecified atom stereocenters. The molecule has 1 N–H and O–H groups in total. The van der Waals surface area contributed by atoms with Gasteiger partial charge in [-0.25, -0.2) is 0 Å². The summed E-state index contributed by atoms with van der Waals surface area (Å²) in [5.74, 6) is 0.659. The van der Waals surface area contributed by atoms with Gasteiger partial charge in [-0.15, -0.1) is 0 Å². The number of nitrogens with zero attached hydrogens (tertiary/aromatic N) is 2. The first-order chi connectivity index (χ1) is 8.65. The fourth-order valence-electron chi connectivity index (χ4n) is 1.96. The molecule has 1 aliphatic rings. The first-order valence-electron chi connectivity index (χ1n) is 6.71. The van der Waals surface area contributed by atoms with Crippen LogP contribution in [0, 0.1) is 5.92 Å². The van der Waals surface area contributed by atoms with Gasteiger partial charge in [-0.05, 0) is 25.8 Å². The predicted octanol–water partition coefficient (Wildman–Crippen LogP) is 2.58. The number of aromatic nitrogens is 1. The van der Waals surface area contributed by atoms with Crippen molar-refractivity contribution in [2.75, 3.05) is 24.5 Å². The molecule has 0 aliphatic carbocycles. The fraction of sp³-hybridized carbons (Fsp3) is 0.643. The molecule has 0 radical (unpaired) electrons. The Kier molecular flexibility index (Phi) is 4.42. The molecule has 0 atom stereocenters. The van der Waals surface area contributed by atoms with Gasteiger partial charge < -0.3 is 14.6 Å². The van der Waals surface area contributed by atoms with Gasteiger partial charge in [-0.2, -0.15) is 4.98 Å². The van der Waals surface area contributed by atoms with Crippen LogP contribution in [0.15, 0.2) is 22.3 Å². The Morgan fingerprint density at radius 1 is 1.50 bits per heavy atom. The maximum Gasteiger partial charge on any atom is 0.297 e. The summed E-state index contributed by atoms with van der Waals surface area (Å²) in [6.45, 7) is 10.3. The molecule has 1 aliphatic heterocycles. The Bertz CT molecular complexity index is 409. The smallest absolute Gasteiger partial charge is 0.297 e. The zero-order valence-corrected chi connectivity index (χ0v) is 11.6. The molecular formula is C14H23N3O. The zero-order valence-electron chi connectivity index (χ0n) is 11.6. The van der Waals surface area contributed by atoms with E-state index >= 15 is 0 Å². The fourth-order valence-corrected chi connectivity index (χ4v) is 1.96. The normalized spacial score (nSPS) is 16.2. The highest BCUT2D eigenvalue weighted by Crippen LogP contribution is 2.18. The molecule has 0 saturated carbocycles. The lowest BCUT2D eigenvalue weighted by atomic mass is 10.1. The minimum absolute atomic E-state index is 0.659. The van der Waals surface area contributed by atoms with Crippen molar-refractivity contribution in [2.45, 2.75) is 33.7 Å². The van der Waals surface area contributed by atoms with Crippen molar-refractivity contribution < 1.29 is 4.42 Å². The molecule has 0 fully saturated rings. The molecule has 2 rings (SSSR count). The van der Waals surface area contributed by atoms with Crippen LogP contribution in [0.2, 0.25) is 0 Å². The molecule has 0 spiro atoms. The summed E-state index contributed by atoms with van der Waals surface area (Å²) in [6, 6.07) is 0.750. The standard InChI is InChI=1S/C14H23N3O/c1-11(2)8-15-9-13-10-18-14(16-13)17-6-4-12(3)5-7-17/h4,10-11,15H,5-9H2,1-3H3. The SMILES string of the molecule is CC1=CCN(c2nc(CNCC(C)C)co2)CC1. The third-order valence-corrected chi connectivity index (χ3v) is 3.11. The molecule has 0 bridgehead atoms. The summed E-state index contributed by atoms with van der Waals surface area (Å²) in [7, 11) is 0. The van der Waals surface area contributed by atoms with Crippen LogP contribution in [0.4, 0.5) is 6.01 Å². The highest BCUT2D eigenvalue weighted by atomic mass is 16.4. The number of nitrogens with one attached hydrogen (secondary N) is 1. The van der Waals surface area contributed by atoms with Crippen molar-refractivity contribution in [1.29, 1.82) is 0 Å². The van der Waals surface area contributed by atoms with Crippen LogP contribution >= 0.6 is 0 Å². The zero-order chi connectivity index (χ0) is 13.0. The van der Waals surface area contributed by atoms with E-state index in [1.54, 1.807) is 6.26 Å². The van der Waals surface area contributed by atoms with E-state index in [2.05, 4.69) is 42.0 Å². The quantitative estimate of drug-likeness (QED) is 0.814. The lowest BCUT2D eigenvalue weighted by Crippen LogP contribution is -2.28. The molecule has 1 aromatic heterocycles. The second-order valence-corrected chi connectivity index (χ2v) is 5.39. The van der Waals surface area contributed by atoms with Gasteiger partial charge in [-0.3, -0.25) is 0 Å². The van der Waals surface area contributed by atoms with E-state index in [1.807, 2.05) is 0 Å². The van der Waals surface area contributed by atoms with Crippen LogP contribution in [0.1, 0.15) is 32.9 Å². The minimum Gasteiger partial charge on any atom is -0.432 e. The molecule has 4 nitrogen and oxygen atoms in total. The van der Waals surface area contributed by atoms with Gasteiger partial charge in [0.25, 0.3) is 6.01 Å².